The van der Waals surface area contributed by atoms with Crippen molar-refractivity contribution in [3.8, 4) is 5.69 Å². The van der Waals surface area contributed by atoms with Gasteiger partial charge in [0.2, 0.25) is 0 Å². The Morgan fingerprint density at radius 1 is 1.30 bits per heavy atom. The molecule has 1 fully saturated rings. The highest BCUT2D eigenvalue weighted by atomic mass is 15.3. The van der Waals surface area contributed by atoms with Crippen molar-refractivity contribution in [2.75, 3.05) is 47.3 Å². The van der Waals surface area contributed by atoms with E-state index < -0.39 is 0 Å². The second-order valence-electron chi connectivity index (χ2n) is 7.26. The number of aromatic nitrogens is 2. The fourth-order valence-corrected chi connectivity index (χ4v) is 3.38. The number of hydrogen-bond donors (Lipinski definition) is 2. The van der Waals surface area contributed by atoms with Gasteiger partial charge >= 0.3 is 0 Å². The van der Waals surface area contributed by atoms with E-state index in [2.05, 4.69) is 75.8 Å². The minimum absolute atomic E-state index is 0.137. The predicted octanol–water partition coefficient (Wildman–Crippen LogP) is 1.34. The third-order valence-corrected chi connectivity index (χ3v) is 5.20. The first kappa shape index (κ1) is 19.4. The minimum atomic E-state index is 0.137. The summed E-state index contributed by atoms with van der Waals surface area (Å²) < 4.78 is 1.87. The van der Waals surface area contributed by atoms with Crippen molar-refractivity contribution in [1.29, 1.82) is 0 Å². The van der Waals surface area contributed by atoms with E-state index in [1.54, 1.807) is 6.20 Å². The van der Waals surface area contributed by atoms with Gasteiger partial charge in [-0.1, -0.05) is 12.1 Å². The van der Waals surface area contributed by atoms with Crippen molar-refractivity contribution >= 4 is 5.96 Å². The Kier molecular flexibility index (Phi) is 6.47. The van der Waals surface area contributed by atoms with E-state index in [0.29, 0.717) is 6.04 Å². The second-order valence-corrected chi connectivity index (χ2v) is 7.26. The molecule has 7 heteroatoms. The van der Waals surface area contributed by atoms with E-state index in [0.717, 1.165) is 37.8 Å². The van der Waals surface area contributed by atoms with Crippen molar-refractivity contribution in [2.24, 2.45) is 4.99 Å². The van der Waals surface area contributed by atoms with Crippen molar-refractivity contribution in [3.05, 3.63) is 48.3 Å². The molecule has 1 saturated heterocycles. The molecule has 0 saturated carbocycles. The topological polar surface area (TPSA) is 60.7 Å². The number of likely N-dealkylation sites (N-methyl/N-ethyl adjacent to an activating group) is 2. The van der Waals surface area contributed by atoms with Gasteiger partial charge in [-0.15, -0.1) is 0 Å². The van der Waals surface area contributed by atoms with E-state index >= 15 is 0 Å². The number of benzene rings is 1. The highest BCUT2D eigenvalue weighted by Gasteiger charge is 2.22. The van der Waals surface area contributed by atoms with Gasteiger partial charge in [0, 0.05) is 51.7 Å². The lowest BCUT2D eigenvalue weighted by Gasteiger charge is -2.38. The number of aliphatic imine (C=N–C) groups is 1. The van der Waals surface area contributed by atoms with Crippen LogP contribution in [-0.4, -0.2) is 78.9 Å². The summed E-state index contributed by atoms with van der Waals surface area (Å²) in [5.41, 5.74) is 2.25. The summed E-state index contributed by atoms with van der Waals surface area (Å²) in [5.74, 6) is 0.827. The second kappa shape index (κ2) is 9.01. The van der Waals surface area contributed by atoms with Gasteiger partial charge in [0.1, 0.15) is 0 Å². The third kappa shape index (κ3) is 5.08. The Hall–Kier alpha value is -2.38. The summed E-state index contributed by atoms with van der Waals surface area (Å²) >= 11 is 0. The molecule has 7 nitrogen and oxygen atoms in total. The molecule has 1 aromatic heterocycles. The SMILES string of the molecule is CN=C(NCC1CN(C)CCN1C)NC(C)c1cccc(-n2cccn2)c1. The van der Waals surface area contributed by atoms with Crippen LogP contribution in [-0.2, 0) is 0 Å². The molecule has 0 radical (unpaired) electrons. The third-order valence-electron chi connectivity index (χ3n) is 5.20. The normalized spacial score (nSPS) is 20.4. The zero-order chi connectivity index (χ0) is 19.2. The van der Waals surface area contributed by atoms with Crippen molar-refractivity contribution < 1.29 is 0 Å². The molecule has 0 spiro atoms. The van der Waals surface area contributed by atoms with Crippen LogP contribution in [0.1, 0.15) is 18.5 Å². The molecule has 146 valence electrons. The number of guanidine groups is 1. The molecule has 2 unspecified atom stereocenters. The number of nitrogens with one attached hydrogen (secondary N) is 2. The summed E-state index contributed by atoms with van der Waals surface area (Å²) in [7, 11) is 6.19. The molecule has 2 aromatic rings. The quantitative estimate of drug-likeness (QED) is 0.615. The highest BCUT2D eigenvalue weighted by molar-refractivity contribution is 5.80. The first-order valence-electron chi connectivity index (χ1n) is 9.52. The van der Waals surface area contributed by atoms with Crippen LogP contribution in [0.3, 0.4) is 0 Å². The minimum Gasteiger partial charge on any atom is -0.355 e. The first-order valence-corrected chi connectivity index (χ1v) is 9.52. The van der Waals surface area contributed by atoms with E-state index in [-0.39, 0.29) is 6.04 Å². The Morgan fingerprint density at radius 3 is 2.89 bits per heavy atom. The lowest BCUT2D eigenvalue weighted by molar-refractivity contribution is 0.116. The van der Waals surface area contributed by atoms with Gasteiger partial charge in [-0.2, -0.15) is 5.10 Å². The van der Waals surface area contributed by atoms with Gasteiger partial charge < -0.3 is 15.5 Å². The molecule has 27 heavy (non-hydrogen) atoms. The largest absolute Gasteiger partial charge is 0.355 e. The van der Waals surface area contributed by atoms with Crippen LogP contribution in [0.25, 0.3) is 5.69 Å². The molecule has 0 bridgehead atoms. The monoisotopic (exact) mass is 369 g/mol. The van der Waals surface area contributed by atoms with Gasteiger partial charge in [-0.3, -0.25) is 9.89 Å². The molecule has 1 aliphatic heterocycles. The standard InChI is InChI=1S/C20H31N7/c1-16(17-7-5-8-18(13-17)27-10-6-9-23-27)24-20(21-2)22-14-19-15-25(3)11-12-26(19)4/h5-10,13,16,19H,11-12,14-15H2,1-4H3,(H2,21,22,24). The van der Waals surface area contributed by atoms with Crippen LogP contribution in [0.2, 0.25) is 0 Å². The fraction of sp³-hybridized carbons (Fsp3) is 0.500. The number of rotatable bonds is 5. The Bertz CT molecular complexity index is 741. The molecule has 2 heterocycles. The van der Waals surface area contributed by atoms with Gasteiger partial charge in [0.15, 0.2) is 5.96 Å². The molecule has 1 aromatic carbocycles. The molecule has 1 aliphatic rings. The maximum atomic E-state index is 4.40. The summed E-state index contributed by atoms with van der Waals surface area (Å²) in [4.78, 5) is 9.19. The van der Waals surface area contributed by atoms with E-state index in [4.69, 9.17) is 0 Å². The van der Waals surface area contributed by atoms with Gasteiger partial charge in [0.25, 0.3) is 0 Å². The highest BCUT2D eigenvalue weighted by Crippen LogP contribution is 2.16. The molecule has 2 N–H and O–H groups in total. The summed E-state index contributed by atoms with van der Waals surface area (Å²) in [6.07, 6.45) is 3.75. The lowest BCUT2D eigenvalue weighted by Crippen LogP contribution is -2.55. The summed E-state index contributed by atoms with van der Waals surface area (Å²) in [6.45, 7) is 6.33. The van der Waals surface area contributed by atoms with Crippen LogP contribution < -0.4 is 10.6 Å². The van der Waals surface area contributed by atoms with Crippen molar-refractivity contribution in [3.63, 3.8) is 0 Å². The maximum absolute atomic E-state index is 4.40. The van der Waals surface area contributed by atoms with Crippen LogP contribution >= 0.6 is 0 Å². The average molecular weight is 370 g/mol. The summed E-state index contributed by atoms with van der Waals surface area (Å²) in [5, 5.41) is 11.3. The first-order chi connectivity index (χ1) is 13.1. The van der Waals surface area contributed by atoms with Crippen LogP contribution in [0.15, 0.2) is 47.7 Å². The Balaban J connectivity index is 1.59. The predicted molar refractivity (Wildman–Crippen MR) is 110 cm³/mol. The van der Waals surface area contributed by atoms with E-state index in [1.165, 1.54) is 5.56 Å². The molecular formula is C20H31N7. The van der Waals surface area contributed by atoms with Gasteiger partial charge in [0.05, 0.1) is 11.7 Å². The molecule has 3 rings (SSSR count). The van der Waals surface area contributed by atoms with Crippen LogP contribution in [0.5, 0.6) is 0 Å². The smallest absolute Gasteiger partial charge is 0.191 e. The number of nitrogens with zero attached hydrogens (tertiary/aromatic N) is 5. The zero-order valence-electron chi connectivity index (χ0n) is 16.8. The molecule has 0 aliphatic carbocycles. The van der Waals surface area contributed by atoms with E-state index in [1.807, 2.05) is 24.0 Å². The molecule has 2 atom stereocenters. The van der Waals surface area contributed by atoms with Crippen molar-refractivity contribution in [1.82, 2.24) is 30.2 Å². The Morgan fingerprint density at radius 2 is 2.15 bits per heavy atom. The molecular weight excluding hydrogens is 338 g/mol. The van der Waals surface area contributed by atoms with Gasteiger partial charge in [-0.25, -0.2) is 4.68 Å². The lowest BCUT2D eigenvalue weighted by atomic mass is 10.1. The molecule has 0 amide bonds. The number of piperazine rings is 1. The maximum Gasteiger partial charge on any atom is 0.191 e. The average Bonchev–Trinajstić information content (AvgIpc) is 3.22. The Labute approximate surface area is 162 Å². The van der Waals surface area contributed by atoms with Crippen LogP contribution in [0.4, 0.5) is 0 Å². The fourth-order valence-electron chi connectivity index (χ4n) is 3.38. The number of hydrogen-bond acceptors (Lipinski definition) is 4. The zero-order valence-corrected chi connectivity index (χ0v) is 16.8. The van der Waals surface area contributed by atoms with Gasteiger partial charge in [-0.05, 0) is 44.8 Å². The van der Waals surface area contributed by atoms with E-state index in [9.17, 15) is 0 Å². The summed E-state index contributed by atoms with van der Waals surface area (Å²) in [6, 6.07) is 11.0. The van der Waals surface area contributed by atoms with Crippen molar-refractivity contribution in [2.45, 2.75) is 19.0 Å². The van der Waals surface area contributed by atoms with Crippen LogP contribution in [0, 0.1) is 0 Å².